The number of nitrogens with zero attached hydrogens (tertiary/aromatic N) is 4. The van der Waals surface area contributed by atoms with E-state index in [9.17, 15) is 4.79 Å². The van der Waals surface area contributed by atoms with Crippen LogP contribution in [0.1, 0.15) is 12.5 Å². The molecule has 21 heavy (non-hydrogen) atoms. The van der Waals surface area contributed by atoms with Gasteiger partial charge in [0.2, 0.25) is 5.91 Å². The molecule has 0 saturated heterocycles. The molecule has 0 bridgehead atoms. The summed E-state index contributed by atoms with van der Waals surface area (Å²) in [5.74, 6) is 0.544. The van der Waals surface area contributed by atoms with Gasteiger partial charge >= 0.3 is 0 Å². The van der Waals surface area contributed by atoms with Crippen LogP contribution in [0.25, 0.3) is 0 Å². The molecule has 2 aromatic rings. The summed E-state index contributed by atoms with van der Waals surface area (Å²) in [6.07, 6.45) is 5.42. The summed E-state index contributed by atoms with van der Waals surface area (Å²) in [6, 6.07) is 5.64. The molecule has 0 aliphatic heterocycles. The Balaban J connectivity index is 1.80. The van der Waals surface area contributed by atoms with E-state index in [4.69, 9.17) is 0 Å². The number of carbonyl (C=O) groups excluding carboxylic acids is 1. The topological polar surface area (TPSA) is 63.1 Å². The number of nitrogens with one attached hydrogen (secondary N) is 1. The van der Waals surface area contributed by atoms with Crippen molar-refractivity contribution in [3.05, 3.63) is 42.4 Å². The summed E-state index contributed by atoms with van der Waals surface area (Å²) < 4.78 is 1.86. The van der Waals surface area contributed by atoms with Crippen LogP contribution in [0.15, 0.2) is 36.8 Å². The standard InChI is InChI=1S/C15H21N5O/c1-3-19(9-10-20-8-4-7-17-20)12-15(21)18-14-6-5-13(2)11-16-14/h4-8,11H,3,9-10,12H2,1-2H3,(H,16,18,21). The Labute approximate surface area is 124 Å². The quantitative estimate of drug-likeness (QED) is 0.839. The van der Waals surface area contributed by atoms with E-state index in [1.807, 2.05) is 42.9 Å². The van der Waals surface area contributed by atoms with E-state index in [0.29, 0.717) is 12.4 Å². The highest BCUT2D eigenvalue weighted by Gasteiger charge is 2.09. The van der Waals surface area contributed by atoms with Gasteiger partial charge < -0.3 is 5.32 Å². The highest BCUT2D eigenvalue weighted by molar-refractivity contribution is 5.91. The molecule has 1 amide bonds. The van der Waals surface area contributed by atoms with Crippen LogP contribution in [0.4, 0.5) is 5.82 Å². The lowest BCUT2D eigenvalue weighted by Gasteiger charge is -2.19. The van der Waals surface area contributed by atoms with E-state index in [1.165, 1.54) is 0 Å². The molecule has 0 unspecified atom stereocenters. The number of pyridine rings is 1. The minimum atomic E-state index is -0.0475. The van der Waals surface area contributed by atoms with Crippen LogP contribution < -0.4 is 5.32 Å². The first kappa shape index (κ1) is 15.2. The normalized spacial score (nSPS) is 10.8. The smallest absolute Gasteiger partial charge is 0.239 e. The molecule has 0 aliphatic rings. The van der Waals surface area contributed by atoms with Gasteiger partial charge in [0.1, 0.15) is 5.82 Å². The summed E-state index contributed by atoms with van der Waals surface area (Å²) in [6.45, 7) is 6.74. The molecule has 0 saturated carbocycles. The van der Waals surface area contributed by atoms with Crippen molar-refractivity contribution in [3.8, 4) is 0 Å². The highest BCUT2D eigenvalue weighted by Crippen LogP contribution is 2.04. The number of aryl methyl sites for hydroxylation is 1. The molecule has 2 heterocycles. The average Bonchev–Trinajstić information content (AvgIpc) is 2.99. The third-order valence-corrected chi connectivity index (χ3v) is 3.20. The predicted molar refractivity (Wildman–Crippen MR) is 81.9 cm³/mol. The molecule has 0 aliphatic carbocycles. The number of likely N-dealkylation sites (N-methyl/N-ethyl adjacent to an activating group) is 1. The number of hydrogen-bond donors (Lipinski definition) is 1. The summed E-state index contributed by atoms with van der Waals surface area (Å²) >= 11 is 0. The van der Waals surface area contributed by atoms with E-state index in [1.54, 1.807) is 12.4 Å². The van der Waals surface area contributed by atoms with Crippen molar-refractivity contribution in [3.63, 3.8) is 0 Å². The fraction of sp³-hybridized carbons (Fsp3) is 0.400. The maximum absolute atomic E-state index is 12.0. The van der Waals surface area contributed by atoms with Gasteiger partial charge in [-0.25, -0.2) is 4.98 Å². The molecule has 0 spiro atoms. The average molecular weight is 287 g/mol. The van der Waals surface area contributed by atoms with Crippen LogP contribution in [-0.4, -0.2) is 45.2 Å². The molecule has 1 N–H and O–H groups in total. The largest absolute Gasteiger partial charge is 0.310 e. The molecule has 6 nitrogen and oxygen atoms in total. The minimum absolute atomic E-state index is 0.0475. The lowest BCUT2D eigenvalue weighted by Crippen LogP contribution is -2.35. The van der Waals surface area contributed by atoms with Gasteiger partial charge in [-0.2, -0.15) is 5.10 Å². The fourth-order valence-corrected chi connectivity index (χ4v) is 1.95. The van der Waals surface area contributed by atoms with E-state index in [2.05, 4.69) is 20.3 Å². The lowest BCUT2D eigenvalue weighted by atomic mass is 10.3. The molecule has 2 rings (SSSR count). The van der Waals surface area contributed by atoms with Gasteiger partial charge in [-0.15, -0.1) is 0 Å². The molecule has 112 valence electrons. The van der Waals surface area contributed by atoms with Crippen LogP contribution in [0.5, 0.6) is 0 Å². The van der Waals surface area contributed by atoms with Gasteiger partial charge in [-0.3, -0.25) is 14.4 Å². The number of aromatic nitrogens is 3. The number of rotatable bonds is 7. The van der Waals surface area contributed by atoms with Crippen LogP contribution in [-0.2, 0) is 11.3 Å². The van der Waals surface area contributed by atoms with Crippen molar-refractivity contribution in [2.24, 2.45) is 0 Å². The van der Waals surface area contributed by atoms with Crippen molar-refractivity contribution in [2.75, 3.05) is 25.0 Å². The molecule has 0 atom stereocenters. The molecule has 6 heteroatoms. The maximum atomic E-state index is 12.0. The monoisotopic (exact) mass is 287 g/mol. The van der Waals surface area contributed by atoms with E-state index in [-0.39, 0.29) is 5.91 Å². The van der Waals surface area contributed by atoms with Gasteiger partial charge in [-0.05, 0) is 31.2 Å². The second kappa shape index (κ2) is 7.54. The molecule has 2 aromatic heterocycles. The fourth-order valence-electron chi connectivity index (χ4n) is 1.95. The summed E-state index contributed by atoms with van der Waals surface area (Å²) in [7, 11) is 0. The first-order chi connectivity index (χ1) is 10.2. The first-order valence-electron chi connectivity index (χ1n) is 7.09. The Morgan fingerprint density at radius 3 is 2.90 bits per heavy atom. The SMILES string of the molecule is CCN(CCn1cccn1)CC(=O)Nc1ccc(C)cn1. The van der Waals surface area contributed by atoms with Gasteiger partial charge in [0.05, 0.1) is 13.1 Å². The van der Waals surface area contributed by atoms with Crippen LogP contribution in [0.3, 0.4) is 0 Å². The third-order valence-electron chi connectivity index (χ3n) is 3.20. The van der Waals surface area contributed by atoms with Crippen molar-refractivity contribution in [1.29, 1.82) is 0 Å². The van der Waals surface area contributed by atoms with Crippen molar-refractivity contribution >= 4 is 11.7 Å². The molecular weight excluding hydrogens is 266 g/mol. The summed E-state index contributed by atoms with van der Waals surface area (Å²) in [5.41, 5.74) is 1.07. The van der Waals surface area contributed by atoms with Crippen LogP contribution in [0.2, 0.25) is 0 Å². The summed E-state index contributed by atoms with van der Waals surface area (Å²) in [5, 5.41) is 6.97. The Morgan fingerprint density at radius 2 is 2.29 bits per heavy atom. The van der Waals surface area contributed by atoms with E-state index >= 15 is 0 Å². The van der Waals surface area contributed by atoms with E-state index < -0.39 is 0 Å². The lowest BCUT2D eigenvalue weighted by molar-refractivity contribution is -0.117. The highest BCUT2D eigenvalue weighted by atomic mass is 16.2. The van der Waals surface area contributed by atoms with E-state index in [0.717, 1.165) is 25.2 Å². The summed E-state index contributed by atoms with van der Waals surface area (Å²) in [4.78, 5) is 18.3. The van der Waals surface area contributed by atoms with Crippen LogP contribution in [0, 0.1) is 6.92 Å². The second-order valence-corrected chi connectivity index (χ2v) is 4.91. The molecule has 0 fully saturated rings. The number of hydrogen-bond acceptors (Lipinski definition) is 4. The number of carbonyl (C=O) groups is 1. The van der Waals surface area contributed by atoms with Crippen molar-refractivity contribution in [2.45, 2.75) is 20.4 Å². The van der Waals surface area contributed by atoms with Gasteiger partial charge in [-0.1, -0.05) is 13.0 Å². The Morgan fingerprint density at radius 1 is 1.43 bits per heavy atom. The maximum Gasteiger partial charge on any atom is 0.239 e. The first-order valence-corrected chi connectivity index (χ1v) is 7.09. The molecule has 0 radical (unpaired) electrons. The van der Waals surface area contributed by atoms with Crippen molar-refractivity contribution < 1.29 is 4.79 Å². The minimum Gasteiger partial charge on any atom is -0.310 e. The zero-order chi connectivity index (χ0) is 15.1. The predicted octanol–water partition coefficient (Wildman–Crippen LogP) is 1.55. The number of anilines is 1. The Hall–Kier alpha value is -2.21. The zero-order valence-corrected chi connectivity index (χ0v) is 12.5. The number of amides is 1. The third kappa shape index (κ3) is 5.00. The Bertz CT molecular complexity index is 550. The Kier molecular flexibility index (Phi) is 5.45. The van der Waals surface area contributed by atoms with Gasteiger partial charge in [0.25, 0.3) is 0 Å². The van der Waals surface area contributed by atoms with Gasteiger partial charge in [0, 0.05) is 25.1 Å². The van der Waals surface area contributed by atoms with Gasteiger partial charge in [0.15, 0.2) is 0 Å². The van der Waals surface area contributed by atoms with Crippen molar-refractivity contribution in [1.82, 2.24) is 19.7 Å². The van der Waals surface area contributed by atoms with Crippen LogP contribution >= 0.6 is 0 Å². The second-order valence-electron chi connectivity index (χ2n) is 4.91. The molecule has 0 aromatic carbocycles. The molecular formula is C15H21N5O. The zero-order valence-electron chi connectivity index (χ0n) is 12.5.